The average Bonchev–Trinajstić information content (AvgIpc) is 3.08. The summed E-state index contributed by atoms with van der Waals surface area (Å²) in [6.45, 7) is 3.93. The molecule has 0 bridgehead atoms. The van der Waals surface area contributed by atoms with Crippen LogP contribution in [0.4, 0.5) is 4.79 Å². The Hall–Kier alpha value is -1.89. The zero-order valence-electron chi connectivity index (χ0n) is 12.2. The average molecular weight is 291 g/mol. The highest BCUT2D eigenvalue weighted by Gasteiger charge is 2.51. The molecule has 2 aliphatic rings. The lowest BCUT2D eigenvalue weighted by molar-refractivity contribution is -0.132. The molecule has 3 amide bonds. The molecule has 2 fully saturated rings. The van der Waals surface area contributed by atoms with E-state index in [0.717, 1.165) is 19.5 Å². The Morgan fingerprint density at radius 3 is 2.76 bits per heavy atom. The molecule has 1 atom stereocenters. The molecule has 3 heterocycles. The van der Waals surface area contributed by atoms with Crippen molar-refractivity contribution in [2.75, 3.05) is 19.6 Å². The normalized spacial score (nSPS) is 22.6. The van der Waals surface area contributed by atoms with Gasteiger partial charge in [-0.3, -0.25) is 14.4 Å². The van der Waals surface area contributed by atoms with Gasteiger partial charge in [-0.15, -0.1) is 0 Å². The topological polar surface area (TPSA) is 79.3 Å². The molecule has 7 heteroatoms. The molecule has 2 aliphatic heterocycles. The Morgan fingerprint density at radius 1 is 1.38 bits per heavy atom. The van der Waals surface area contributed by atoms with Crippen LogP contribution in [0.5, 0.6) is 0 Å². The molecule has 0 aromatic carbocycles. The lowest BCUT2D eigenvalue weighted by Crippen LogP contribution is -2.54. The second-order valence-corrected chi connectivity index (χ2v) is 5.73. The third-order valence-electron chi connectivity index (χ3n) is 4.47. The van der Waals surface area contributed by atoms with Crippen molar-refractivity contribution in [3.8, 4) is 0 Å². The highest BCUT2D eigenvalue weighted by atomic mass is 16.2. The minimum atomic E-state index is -0.690. The van der Waals surface area contributed by atoms with Gasteiger partial charge >= 0.3 is 6.03 Å². The van der Waals surface area contributed by atoms with Crippen LogP contribution < -0.4 is 10.6 Å². The molecule has 3 rings (SSSR count). The van der Waals surface area contributed by atoms with Crippen LogP contribution >= 0.6 is 0 Å². The minimum absolute atomic E-state index is 0.0200. The van der Waals surface area contributed by atoms with Gasteiger partial charge < -0.3 is 10.6 Å². The maximum atomic E-state index is 12.7. The molecule has 1 spiro atoms. The summed E-state index contributed by atoms with van der Waals surface area (Å²) in [4.78, 5) is 26.3. The van der Waals surface area contributed by atoms with E-state index in [1.807, 2.05) is 23.9 Å². The molecule has 2 saturated heterocycles. The predicted molar refractivity (Wildman–Crippen MR) is 76.6 cm³/mol. The Balaban J connectivity index is 1.76. The van der Waals surface area contributed by atoms with Gasteiger partial charge in [-0.2, -0.15) is 5.10 Å². The van der Waals surface area contributed by atoms with Crippen molar-refractivity contribution >= 4 is 11.9 Å². The van der Waals surface area contributed by atoms with Gasteiger partial charge in [0.05, 0.1) is 12.6 Å². The van der Waals surface area contributed by atoms with Crippen molar-refractivity contribution in [2.45, 2.75) is 37.8 Å². The molecule has 21 heavy (non-hydrogen) atoms. The fraction of sp³-hybridized carbons (Fsp3) is 0.643. The number of piperidine rings is 1. The number of hydrogen-bond donors (Lipinski definition) is 2. The van der Waals surface area contributed by atoms with Crippen molar-refractivity contribution in [1.29, 1.82) is 0 Å². The number of nitrogens with one attached hydrogen (secondary N) is 2. The van der Waals surface area contributed by atoms with Crippen molar-refractivity contribution in [2.24, 2.45) is 0 Å². The summed E-state index contributed by atoms with van der Waals surface area (Å²) < 4.78 is 1.81. The van der Waals surface area contributed by atoms with Crippen molar-refractivity contribution in [1.82, 2.24) is 25.3 Å². The highest BCUT2D eigenvalue weighted by Crippen LogP contribution is 2.28. The Morgan fingerprint density at radius 2 is 2.14 bits per heavy atom. The van der Waals surface area contributed by atoms with Gasteiger partial charge in [-0.25, -0.2) is 4.79 Å². The van der Waals surface area contributed by atoms with Gasteiger partial charge in [-0.1, -0.05) is 6.92 Å². The molecule has 1 aromatic rings. The first-order valence-electron chi connectivity index (χ1n) is 7.50. The van der Waals surface area contributed by atoms with Gasteiger partial charge in [0.2, 0.25) is 0 Å². The largest absolute Gasteiger partial charge is 0.325 e. The van der Waals surface area contributed by atoms with Crippen LogP contribution in [0.1, 0.15) is 32.2 Å². The van der Waals surface area contributed by atoms with Crippen molar-refractivity contribution < 1.29 is 9.59 Å². The number of carbonyl (C=O) groups excluding carboxylic acids is 2. The number of nitrogens with zero attached hydrogens (tertiary/aromatic N) is 3. The second-order valence-electron chi connectivity index (χ2n) is 5.73. The van der Waals surface area contributed by atoms with Crippen LogP contribution in [0, 0.1) is 0 Å². The highest BCUT2D eigenvalue weighted by molar-refractivity contribution is 6.07. The minimum Gasteiger partial charge on any atom is -0.323 e. The molecule has 1 aromatic heterocycles. The molecular formula is C14H21N5O2. The van der Waals surface area contributed by atoms with Crippen LogP contribution in [-0.4, -0.2) is 51.8 Å². The quantitative estimate of drug-likeness (QED) is 0.792. The zero-order chi connectivity index (χ0) is 14.9. The maximum Gasteiger partial charge on any atom is 0.325 e. The first kappa shape index (κ1) is 14.1. The Bertz CT molecular complexity index is 521. The Labute approximate surface area is 123 Å². The van der Waals surface area contributed by atoms with Crippen LogP contribution in [-0.2, 0) is 4.79 Å². The smallest absolute Gasteiger partial charge is 0.323 e. The molecule has 2 N–H and O–H groups in total. The number of rotatable bonds is 4. The van der Waals surface area contributed by atoms with Crippen LogP contribution in [0.15, 0.2) is 18.5 Å². The number of amides is 3. The zero-order valence-corrected chi connectivity index (χ0v) is 12.2. The summed E-state index contributed by atoms with van der Waals surface area (Å²) in [6.07, 6.45) is 5.71. The van der Waals surface area contributed by atoms with E-state index in [1.165, 1.54) is 4.90 Å². The molecular weight excluding hydrogens is 270 g/mol. The van der Waals surface area contributed by atoms with Gasteiger partial charge in [-0.05, 0) is 38.4 Å². The van der Waals surface area contributed by atoms with Gasteiger partial charge in [0.1, 0.15) is 5.54 Å². The summed E-state index contributed by atoms with van der Waals surface area (Å²) in [6, 6.07) is 1.60. The molecule has 7 nitrogen and oxygen atoms in total. The van der Waals surface area contributed by atoms with Crippen LogP contribution in [0.2, 0.25) is 0 Å². The van der Waals surface area contributed by atoms with E-state index in [2.05, 4.69) is 15.7 Å². The van der Waals surface area contributed by atoms with E-state index < -0.39 is 5.54 Å². The molecule has 114 valence electrons. The number of hydrogen-bond acceptors (Lipinski definition) is 4. The maximum absolute atomic E-state index is 12.7. The Kier molecular flexibility index (Phi) is 3.67. The SMILES string of the molecule is CCC(CN1C(=O)NC2(CCNCC2)C1=O)n1cccn1. The van der Waals surface area contributed by atoms with Gasteiger partial charge in [0, 0.05) is 12.4 Å². The van der Waals surface area contributed by atoms with Gasteiger partial charge in [0.15, 0.2) is 0 Å². The number of aromatic nitrogens is 2. The van der Waals surface area contributed by atoms with E-state index in [9.17, 15) is 9.59 Å². The second kappa shape index (κ2) is 5.48. The summed E-state index contributed by atoms with van der Waals surface area (Å²) >= 11 is 0. The summed E-state index contributed by atoms with van der Waals surface area (Å²) in [7, 11) is 0. The number of urea groups is 1. The fourth-order valence-corrected chi connectivity index (χ4v) is 3.14. The first-order chi connectivity index (χ1) is 10.2. The number of imide groups is 1. The third kappa shape index (κ3) is 2.42. The van der Waals surface area contributed by atoms with Gasteiger partial charge in [0.25, 0.3) is 5.91 Å². The molecule has 0 saturated carbocycles. The third-order valence-corrected chi connectivity index (χ3v) is 4.47. The summed E-state index contributed by atoms with van der Waals surface area (Å²) in [5.41, 5.74) is -0.690. The van der Waals surface area contributed by atoms with Crippen LogP contribution in [0.3, 0.4) is 0 Å². The molecule has 0 aliphatic carbocycles. The standard InChI is InChI=1S/C14H21N5O2/c1-2-11(19-9-3-6-16-19)10-18-12(20)14(17-13(18)21)4-7-15-8-5-14/h3,6,9,11,15H,2,4-5,7-8,10H2,1H3,(H,17,21). The summed E-state index contributed by atoms with van der Waals surface area (Å²) in [5, 5.41) is 10.4. The monoisotopic (exact) mass is 291 g/mol. The predicted octanol–water partition coefficient (Wildman–Crippen LogP) is 0.508. The molecule has 0 radical (unpaired) electrons. The molecule has 1 unspecified atom stereocenters. The fourth-order valence-electron chi connectivity index (χ4n) is 3.14. The summed E-state index contributed by atoms with van der Waals surface area (Å²) in [5.74, 6) is -0.0837. The lowest BCUT2D eigenvalue weighted by atomic mass is 9.88. The van der Waals surface area contributed by atoms with E-state index in [0.29, 0.717) is 19.4 Å². The lowest BCUT2D eigenvalue weighted by Gasteiger charge is -2.31. The van der Waals surface area contributed by atoms with E-state index in [4.69, 9.17) is 0 Å². The van der Waals surface area contributed by atoms with E-state index in [-0.39, 0.29) is 18.0 Å². The van der Waals surface area contributed by atoms with Crippen LogP contribution in [0.25, 0.3) is 0 Å². The first-order valence-corrected chi connectivity index (χ1v) is 7.50. The van der Waals surface area contributed by atoms with E-state index >= 15 is 0 Å². The van der Waals surface area contributed by atoms with Crippen molar-refractivity contribution in [3.05, 3.63) is 18.5 Å². The number of carbonyl (C=O) groups is 2. The van der Waals surface area contributed by atoms with E-state index in [1.54, 1.807) is 6.20 Å². The van der Waals surface area contributed by atoms with Crippen molar-refractivity contribution in [3.63, 3.8) is 0 Å².